The average molecular weight is 266 g/mol. The zero-order valence-corrected chi connectivity index (χ0v) is 11.0. The molecule has 0 saturated carbocycles. The molecule has 1 heterocycles. The first kappa shape index (κ1) is 12.6. The van der Waals surface area contributed by atoms with Crippen molar-refractivity contribution < 1.29 is 4.39 Å². The van der Waals surface area contributed by atoms with E-state index in [0.29, 0.717) is 0 Å². The monoisotopic (exact) mass is 266 g/mol. The van der Waals surface area contributed by atoms with Crippen LogP contribution in [0.25, 0.3) is 6.08 Å². The summed E-state index contributed by atoms with van der Waals surface area (Å²) in [7, 11) is 0. The van der Waals surface area contributed by atoms with E-state index in [-0.39, 0.29) is 11.9 Å². The van der Waals surface area contributed by atoms with Gasteiger partial charge in [0.1, 0.15) is 11.7 Å². The highest BCUT2D eigenvalue weighted by molar-refractivity contribution is 5.97. The fraction of sp³-hybridized carbons (Fsp3) is 0.118. The van der Waals surface area contributed by atoms with Gasteiger partial charge < -0.3 is 5.32 Å². The number of halogens is 1. The number of benzene rings is 2. The molecule has 0 aromatic heterocycles. The van der Waals surface area contributed by atoms with Gasteiger partial charge in [0.05, 0.1) is 12.6 Å². The van der Waals surface area contributed by atoms with Gasteiger partial charge >= 0.3 is 0 Å². The summed E-state index contributed by atoms with van der Waals surface area (Å²) in [5.74, 6) is 0.644. The van der Waals surface area contributed by atoms with Gasteiger partial charge in [-0.25, -0.2) is 4.39 Å². The zero-order chi connectivity index (χ0) is 13.8. The van der Waals surface area contributed by atoms with Crippen molar-refractivity contribution >= 4 is 11.9 Å². The van der Waals surface area contributed by atoms with Crippen LogP contribution in [0, 0.1) is 5.82 Å². The summed E-state index contributed by atoms with van der Waals surface area (Å²) in [6.07, 6.45) is 3.86. The van der Waals surface area contributed by atoms with E-state index in [9.17, 15) is 4.39 Å². The Bertz CT molecular complexity index is 630. The Hall–Kier alpha value is -2.42. The van der Waals surface area contributed by atoms with Crippen molar-refractivity contribution in [2.24, 2.45) is 4.99 Å². The van der Waals surface area contributed by atoms with Crippen molar-refractivity contribution in [2.45, 2.75) is 6.04 Å². The van der Waals surface area contributed by atoms with E-state index in [2.05, 4.69) is 22.4 Å². The molecule has 1 N–H and O–H groups in total. The second kappa shape index (κ2) is 5.70. The highest BCUT2D eigenvalue weighted by Crippen LogP contribution is 2.17. The second-order valence-electron chi connectivity index (χ2n) is 4.72. The van der Waals surface area contributed by atoms with Gasteiger partial charge in [-0.3, -0.25) is 4.99 Å². The third-order valence-corrected chi connectivity index (χ3v) is 3.27. The standard InChI is InChI=1S/C17H15FN2/c18-15-9-6-13(7-10-15)8-11-17-19-12-16(20-17)14-4-2-1-3-5-14/h1-11,16H,12H2,(H,19,20)/b11-8+. The molecule has 0 spiro atoms. The fourth-order valence-electron chi connectivity index (χ4n) is 2.18. The van der Waals surface area contributed by atoms with Gasteiger partial charge in [-0.05, 0) is 29.3 Å². The van der Waals surface area contributed by atoms with Crippen LogP contribution in [-0.2, 0) is 0 Å². The summed E-state index contributed by atoms with van der Waals surface area (Å²) in [6.45, 7) is 0.743. The highest BCUT2D eigenvalue weighted by atomic mass is 19.1. The number of hydrogen-bond acceptors (Lipinski definition) is 2. The van der Waals surface area contributed by atoms with Crippen LogP contribution in [-0.4, -0.2) is 12.4 Å². The smallest absolute Gasteiger partial charge is 0.123 e. The van der Waals surface area contributed by atoms with E-state index in [1.807, 2.05) is 30.4 Å². The molecule has 1 unspecified atom stereocenters. The van der Waals surface area contributed by atoms with Crippen molar-refractivity contribution in [1.82, 2.24) is 5.32 Å². The topological polar surface area (TPSA) is 24.4 Å². The van der Waals surface area contributed by atoms with Crippen LogP contribution in [0.2, 0.25) is 0 Å². The van der Waals surface area contributed by atoms with Crippen molar-refractivity contribution in [3.8, 4) is 0 Å². The summed E-state index contributed by atoms with van der Waals surface area (Å²) < 4.78 is 12.8. The van der Waals surface area contributed by atoms with Gasteiger partial charge in [0.25, 0.3) is 0 Å². The first-order valence-electron chi connectivity index (χ1n) is 6.61. The number of nitrogens with zero attached hydrogens (tertiary/aromatic N) is 1. The molecule has 2 aromatic rings. The average Bonchev–Trinajstić information content (AvgIpc) is 2.97. The fourth-order valence-corrected chi connectivity index (χ4v) is 2.18. The Morgan fingerprint density at radius 1 is 1.00 bits per heavy atom. The predicted octanol–water partition coefficient (Wildman–Crippen LogP) is 3.58. The van der Waals surface area contributed by atoms with Crippen molar-refractivity contribution in [3.05, 3.63) is 77.6 Å². The normalized spacial score (nSPS) is 18.1. The summed E-state index contributed by atoms with van der Waals surface area (Å²) in [6, 6.07) is 16.9. The summed E-state index contributed by atoms with van der Waals surface area (Å²) >= 11 is 0. The van der Waals surface area contributed by atoms with Gasteiger partial charge in [-0.2, -0.15) is 0 Å². The Morgan fingerprint density at radius 2 is 1.75 bits per heavy atom. The van der Waals surface area contributed by atoms with Gasteiger partial charge in [0.15, 0.2) is 0 Å². The maximum absolute atomic E-state index is 12.8. The lowest BCUT2D eigenvalue weighted by Gasteiger charge is -2.10. The van der Waals surface area contributed by atoms with Crippen LogP contribution in [0.3, 0.4) is 0 Å². The minimum absolute atomic E-state index is 0.220. The molecule has 1 aliphatic heterocycles. The third kappa shape index (κ3) is 2.94. The summed E-state index contributed by atoms with van der Waals surface area (Å²) in [4.78, 5) is 4.47. The molecule has 0 aliphatic carbocycles. The minimum atomic E-state index is -0.220. The van der Waals surface area contributed by atoms with Crippen molar-refractivity contribution in [2.75, 3.05) is 6.54 Å². The molecule has 2 nitrogen and oxygen atoms in total. The van der Waals surface area contributed by atoms with Crippen LogP contribution in [0.15, 0.2) is 65.7 Å². The molecule has 0 fully saturated rings. The van der Waals surface area contributed by atoms with E-state index in [1.54, 1.807) is 12.1 Å². The molecule has 1 atom stereocenters. The lowest BCUT2D eigenvalue weighted by atomic mass is 10.1. The maximum atomic E-state index is 12.8. The minimum Gasteiger partial charge on any atom is -0.362 e. The number of amidine groups is 1. The quantitative estimate of drug-likeness (QED) is 0.902. The maximum Gasteiger partial charge on any atom is 0.123 e. The molecule has 3 rings (SSSR count). The van der Waals surface area contributed by atoms with Crippen LogP contribution in [0.5, 0.6) is 0 Å². The van der Waals surface area contributed by atoms with Crippen LogP contribution < -0.4 is 5.32 Å². The van der Waals surface area contributed by atoms with E-state index >= 15 is 0 Å². The third-order valence-electron chi connectivity index (χ3n) is 3.27. The van der Waals surface area contributed by atoms with Gasteiger partial charge in [-0.1, -0.05) is 48.5 Å². The molecule has 3 heteroatoms. The van der Waals surface area contributed by atoms with Gasteiger partial charge in [-0.15, -0.1) is 0 Å². The molecule has 1 aliphatic rings. The SMILES string of the molecule is Fc1ccc(/C=C/C2=NCC(c3ccccc3)N2)cc1. The molecular weight excluding hydrogens is 251 g/mol. The Balaban J connectivity index is 1.64. The molecule has 20 heavy (non-hydrogen) atoms. The molecule has 0 bridgehead atoms. The Labute approximate surface area is 117 Å². The molecule has 2 aromatic carbocycles. The first-order valence-corrected chi connectivity index (χ1v) is 6.61. The largest absolute Gasteiger partial charge is 0.362 e. The van der Waals surface area contributed by atoms with Crippen molar-refractivity contribution in [1.29, 1.82) is 0 Å². The molecule has 0 saturated heterocycles. The lowest BCUT2D eigenvalue weighted by Crippen LogP contribution is -2.21. The molecular formula is C17H15FN2. The zero-order valence-electron chi connectivity index (χ0n) is 11.0. The van der Waals surface area contributed by atoms with E-state index in [1.165, 1.54) is 17.7 Å². The number of rotatable bonds is 3. The van der Waals surface area contributed by atoms with Crippen LogP contribution in [0.1, 0.15) is 17.2 Å². The molecule has 0 radical (unpaired) electrons. The van der Waals surface area contributed by atoms with E-state index < -0.39 is 0 Å². The van der Waals surface area contributed by atoms with E-state index in [0.717, 1.165) is 17.9 Å². The predicted molar refractivity (Wildman–Crippen MR) is 80.1 cm³/mol. The van der Waals surface area contributed by atoms with Crippen LogP contribution >= 0.6 is 0 Å². The van der Waals surface area contributed by atoms with Gasteiger partial charge in [0, 0.05) is 0 Å². The lowest BCUT2D eigenvalue weighted by molar-refractivity contribution is 0.628. The number of aliphatic imine (C=N–C) groups is 1. The first-order chi connectivity index (χ1) is 9.81. The Kier molecular flexibility index (Phi) is 3.59. The van der Waals surface area contributed by atoms with Crippen LogP contribution in [0.4, 0.5) is 4.39 Å². The second-order valence-corrected chi connectivity index (χ2v) is 4.72. The van der Waals surface area contributed by atoms with Gasteiger partial charge in [0.2, 0.25) is 0 Å². The van der Waals surface area contributed by atoms with E-state index in [4.69, 9.17) is 0 Å². The molecule has 100 valence electrons. The van der Waals surface area contributed by atoms with Crippen molar-refractivity contribution in [3.63, 3.8) is 0 Å². The molecule has 0 amide bonds. The highest BCUT2D eigenvalue weighted by Gasteiger charge is 2.16. The summed E-state index contributed by atoms with van der Waals surface area (Å²) in [5.41, 5.74) is 2.19. The summed E-state index contributed by atoms with van der Waals surface area (Å²) in [5, 5.41) is 3.38. The number of nitrogens with one attached hydrogen (secondary N) is 1. The Morgan fingerprint density at radius 3 is 2.50 bits per heavy atom. The number of hydrogen-bond donors (Lipinski definition) is 1.